The van der Waals surface area contributed by atoms with Gasteiger partial charge in [0.25, 0.3) is 5.91 Å². The first-order valence-electron chi connectivity index (χ1n) is 13.5. The van der Waals surface area contributed by atoms with Crippen LogP contribution in [-0.4, -0.2) is 87.0 Å². The molecule has 3 aliphatic rings. The lowest BCUT2D eigenvalue weighted by Crippen LogP contribution is -2.55. The summed E-state index contributed by atoms with van der Waals surface area (Å²) in [6, 6.07) is 2.99. The molecule has 0 unspecified atom stereocenters. The quantitative estimate of drug-likeness (QED) is 0.508. The number of benzene rings is 1. The number of nitrogens with one attached hydrogen (secondary N) is 1. The summed E-state index contributed by atoms with van der Waals surface area (Å²) >= 11 is 6.15. The number of hydrogen-bond acceptors (Lipinski definition) is 7. The number of nitrogen functional groups attached to an aromatic ring is 1. The molecule has 3 N–H and O–H groups in total. The molecule has 206 valence electrons. The second kappa shape index (κ2) is 13.0. The van der Waals surface area contributed by atoms with Crippen LogP contribution < -0.4 is 15.8 Å². The van der Waals surface area contributed by atoms with Gasteiger partial charge in [-0.15, -0.1) is 0 Å². The minimum absolute atomic E-state index is 0.102. The summed E-state index contributed by atoms with van der Waals surface area (Å²) in [4.78, 5) is 29.9. The number of amides is 2. The highest BCUT2D eigenvalue weighted by atomic mass is 35.5. The molecule has 0 aromatic heterocycles. The van der Waals surface area contributed by atoms with Gasteiger partial charge in [0.15, 0.2) is 0 Å². The number of halogens is 1. The maximum absolute atomic E-state index is 13.0. The molecular formula is C27H41ClN4O5. The lowest BCUT2D eigenvalue weighted by molar-refractivity contribution is -0.00265. The zero-order valence-electron chi connectivity index (χ0n) is 22.0. The fraction of sp³-hybridized carbons (Fsp3) is 0.704. The molecule has 1 aliphatic carbocycles. The van der Waals surface area contributed by atoms with E-state index in [0.29, 0.717) is 27.9 Å². The van der Waals surface area contributed by atoms with Gasteiger partial charge in [-0.1, -0.05) is 18.0 Å². The first-order valence-corrected chi connectivity index (χ1v) is 13.9. The summed E-state index contributed by atoms with van der Waals surface area (Å²) in [6.45, 7) is 4.08. The summed E-state index contributed by atoms with van der Waals surface area (Å²) in [5.74, 6) is 0.662. The van der Waals surface area contributed by atoms with Crippen LogP contribution in [0.4, 0.5) is 10.5 Å². The summed E-state index contributed by atoms with van der Waals surface area (Å²) in [5.41, 5.74) is 6.57. The zero-order chi connectivity index (χ0) is 26.4. The Hall–Kier alpha value is -2.23. The smallest absolute Gasteiger partial charge is 0.410 e. The normalized spacial score (nSPS) is 24.0. The van der Waals surface area contributed by atoms with Crippen molar-refractivity contribution in [2.75, 3.05) is 52.7 Å². The van der Waals surface area contributed by atoms with Gasteiger partial charge in [0.05, 0.1) is 35.5 Å². The number of hydrogen-bond donors (Lipinski definition) is 2. The molecule has 4 rings (SSSR count). The summed E-state index contributed by atoms with van der Waals surface area (Å²) in [6.07, 6.45) is 8.14. The number of methoxy groups -OCH3 is 2. The van der Waals surface area contributed by atoms with Gasteiger partial charge in [-0.05, 0) is 56.9 Å². The molecule has 2 heterocycles. The second-order valence-corrected chi connectivity index (χ2v) is 11.0. The predicted molar refractivity (Wildman–Crippen MR) is 143 cm³/mol. The van der Waals surface area contributed by atoms with Crippen LogP contribution in [0, 0.1) is 5.92 Å². The van der Waals surface area contributed by atoms with Gasteiger partial charge in [0.1, 0.15) is 11.9 Å². The predicted octanol–water partition coefficient (Wildman–Crippen LogP) is 3.93. The van der Waals surface area contributed by atoms with Crippen LogP contribution in [0.5, 0.6) is 5.75 Å². The molecule has 3 fully saturated rings. The van der Waals surface area contributed by atoms with Crippen molar-refractivity contribution < 1.29 is 23.8 Å². The monoisotopic (exact) mass is 536 g/mol. The van der Waals surface area contributed by atoms with Crippen molar-refractivity contribution in [3.05, 3.63) is 22.7 Å². The van der Waals surface area contributed by atoms with Crippen molar-refractivity contribution in [2.24, 2.45) is 5.92 Å². The van der Waals surface area contributed by atoms with E-state index in [0.717, 1.165) is 77.7 Å². The van der Waals surface area contributed by atoms with Gasteiger partial charge >= 0.3 is 6.09 Å². The number of carbonyl (C=O) groups is 2. The number of nitrogens with zero attached hydrogens (tertiary/aromatic N) is 2. The highest BCUT2D eigenvalue weighted by Crippen LogP contribution is 2.29. The van der Waals surface area contributed by atoms with E-state index in [1.54, 1.807) is 19.2 Å². The Bertz CT molecular complexity index is 934. The van der Waals surface area contributed by atoms with Gasteiger partial charge in [-0.2, -0.15) is 0 Å². The number of carbonyl (C=O) groups excluding carboxylic acids is 2. The van der Waals surface area contributed by atoms with Crippen LogP contribution in [0.3, 0.4) is 0 Å². The van der Waals surface area contributed by atoms with Crippen molar-refractivity contribution >= 4 is 29.3 Å². The maximum Gasteiger partial charge on any atom is 0.410 e. The van der Waals surface area contributed by atoms with Crippen LogP contribution in [0.25, 0.3) is 0 Å². The summed E-state index contributed by atoms with van der Waals surface area (Å²) < 4.78 is 16.9. The van der Waals surface area contributed by atoms with E-state index in [9.17, 15) is 9.59 Å². The Kier molecular flexibility index (Phi) is 9.78. The molecule has 1 saturated carbocycles. The average molecular weight is 537 g/mol. The Morgan fingerprint density at radius 1 is 1.05 bits per heavy atom. The highest BCUT2D eigenvalue weighted by Gasteiger charge is 2.33. The average Bonchev–Trinajstić information content (AvgIpc) is 2.91. The van der Waals surface area contributed by atoms with E-state index in [4.69, 9.17) is 31.5 Å². The van der Waals surface area contributed by atoms with Gasteiger partial charge in [-0.25, -0.2) is 4.79 Å². The van der Waals surface area contributed by atoms with Crippen molar-refractivity contribution in [1.29, 1.82) is 0 Å². The lowest BCUT2D eigenvalue weighted by atomic mass is 9.94. The Labute approximate surface area is 224 Å². The number of anilines is 1. The Balaban J connectivity index is 1.23. The van der Waals surface area contributed by atoms with E-state index in [-0.39, 0.29) is 30.3 Å². The number of likely N-dealkylation sites (tertiary alicyclic amines) is 2. The molecule has 37 heavy (non-hydrogen) atoms. The maximum atomic E-state index is 13.0. The Morgan fingerprint density at radius 3 is 2.46 bits per heavy atom. The highest BCUT2D eigenvalue weighted by molar-refractivity contribution is 6.33. The third-order valence-corrected chi connectivity index (χ3v) is 8.36. The molecule has 1 aromatic carbocycles. The third-order valence-electron chi connectivity index (χ3n) is 8.03. The van der Waals surface area contributed by atoms with Gasteiger partial charge in [0, 0.05) is 45.9 Å². The second-order valence-electron chi connectivity index (χ2n) is 10.6. The fourth-order valence-corrected chi connectivity index (χ4v) is 5.94. The molecule has 0 bridgehead atoms. The van der Waals surface area contributed by atoms with Crippen LogP contribution >= 0.6 is 11.6 Å². The lowest BCUT2D eigenvalue weighted by Gasteiger charge is -2.41. The first kappa shape index (κ1) is 27.8. The van der Waals surface area contributed by atoms with Crippen molar-refractivity contribution in [3.8, 4) is 5.75 Å². The minimum Gasteiger partial charge on any atom is -0.496 e. The molecule has 2 aliphatic heterocycles. The zero-order valence-corrected chi connectivity index (χ0v) is 22.8. The largest absolute Gasteiger partial charge is 0.496 e. The molecule has 9 nitrogen and oxygen atoms in total. The van der Waals surface area contributed by atoms with E-state index in [2.05, 4.69) is 10.2 Å². The van der Waals surface area contributed by atoms with E-state index >= 15 is 0 Å². The molecule has 1 aromatic rings. The number of ether oxygens (including phenoxy) is 3. The van der Waals surface area contributed by atoms with E-state index < -0.39 is 0 Å². The molecule has 0 radical (unpaired) electrons. The molecule has 2 saturated heterocycles. The van der Waals surface area contributed by atoms with E-state index in [1.807, 2.05) is 4.90 Å². The van der Waals surface area contributed by atoms with Crippen molar-refractivity contribution in [2.45, 2.75) is 69.6 Å². The summed E-state index contributed by atoms with van der Waals surface area (Å²) in [5, 5.41) is 3.42. The van der Waals surface area contributed by atoms with Gasteiger partial charge < -0.3 is 35.1 Å². The SMILES string of the molecule is COc1cc(N)c(Cl)cc1C(=O)N[C@@H]1CCN(CC2CCN(C(=O)OC3CCCCC3)CC2)C[C@@H]1OC. The summed E-state index contributed by atoms with van der Waals surface area (Å²) in [7, 11) is 3.19. The van der Waals surface area contributed by atoms with Crippen LogP contribution in [0.2, 0.25) is 5.02 Å². The molecule has 0 spiro atoms. The van der Waals surface area contributed by atoms with Crippen molar-refractivity contribution in [1.82, 2.24) is 15.1 Å². The van der Waals surface area contributed by atoms with Crippen LogP contribution in [0.15, 0.2) is 12.1 Å². The van der Waals surface area contributed by atoms with E-state index in [1.165, 1.54) is 13.5 Å². The number of piperidine rings is 2. The molecule has 2 amide bonds. The number of nitrogens with two attached hydrogens (primary N) is 1. The standard InChI is InChI=1S/C27H41ClN4O5/c1-35-24-15-22(29)21(28)14-20(24)26(33)30-23-10-11-31(17-25(23)36-2)16-18-8-12-32(13-9-18)27(34)37-19-6-4-3-5-7-19/h14-15,18-19,23,25H,3-13,16-17,29H2,1-2H3,(H,30,33)/t23-,25+/m1/s1. The first-order chi connectivity index (χ1) is 17.9. The number of rotatable bonds is 7. The molecule has 2 atom stereocenters. The fourth-order valence-electron chi connectivity index (χ4n) is 5.78. The van der Waals surface area contributed by atoms with Gasteiger partial charge in [-0.3, -0.25) is 4.79 Å². The molecular weight excluding hydrogens is 496 g/mol. The Morgan fingerprint density at radius 2 is 1.78 bits per heavy atom. The minimum atomic E-state index is -0.258. The van der Waals surface area contributed by atoms with Crippen LogP contribution in [0.1, 0.15) is 61.7 Å². The van der Waals surface area contributed by atoms with Gasteiger partial charge in [0.2, 0.25) is 0 Å². The van der Waals surface area contributed by atoms with Crippen LogP contribution in [-0.2, 0) is 9.47 Å². The van der Waals surface area contributed by atoms with Crippen molar-refractivity contribution in [3.63, 3.8) is 0 Å². The molecule has 10 heteroatoms. The third kappa shape index (κ3) is 7.21. The topological polar surface area (TPSA) is 106 Å².